The molecule has 0 amide bonds. The van der Waals surface area contributed by atoms with E-state index in [4.69, 9.17) is 15.2 Å². The summed E-state index contributed by atoms with van der Waals surface area (Å²) in [5.74, 6) is 0.486. The van der Waals surface area contributed by atoms with Gasteiger partial charge in [-0.05, 0) is 18.2 Å². The molecule has 1 aromatic carbocycles. The largest absolute Gasteiger partial charge is 0.495 e. The van der Waals surface area contributed by atoms with Crippen LogP contribution >= 0.6 is 0 Å². The Labute approximate surface area is 116 Å². The molecular formula is C14H15N3O3. The number of benzene rings is 1. The highest BCUT2D eigenvalue weighted by molar-refractivity contribution is 5.96. The van der Waals surface area contributed by atoms with Gasteiger partial charge in [-0.2, -0.15) is 0 Å². The molecule has 0 saturated heterocycles. The van der Waals surface area contributed by atoms with Crippen molar-refractivity contribution in [3.8, 4) is 5.75 Å². The van der Waals surface area contributed by atoms with Crippen molar-refractivity contribution in [2.45, 2.75) is 0 Å². The average molecular weight is 273 g/mol. The molecule has 0 aliphatic carbocycles. The minimum absolute atomic E-state index is 0.262. The minimum atomic E-state index is -0.512. The van der Waals surface area contributed by atoms with E-state index in [0.717, 1.165) is 0 Å². The summed E-state index contributed by atoms with van der Waals surface area (Å²) < 4.78 is 9.96. The summed E-state index contributed by atoms with van der Waals surface area (Å²) in [6.45, 7) is 0. The second-order valence-corrected chi connectivity index (χ2v) is 3.98. The van der Waals surface area contributed by atoms with Crippen LogP contribution in [0.25, 0.3) is 0 Å². The molecule has 0 fully saturated rings. The third-order valence-corrected chi connectivity index (χ3v) is 2.67. The van der Waals surface area contributed by atoms with Gasteiger partial charge in [0.1, 0.15) is 17.1 Å². The molecule has 6 nitrogen and oxygen atoms in total. The van der Waals surface area contributed by atoms with Crippen LogP contribution in [-0.4, -0.2) is 25.2 Å². The maximum absolute atomic E-state index is 11.7. The Morgan fingerprint density at radius 2 is 2.05 bits per heavy atom. The zero-order valence-corrected chi connectivity index (χ0v) is 11.2. The molecule has 1 heterocycles. The monoisotopic (exact) mass is 273 g/mol. The predicted octanol–water partition coefficient (Wildman–Crippen LogP) is 2.20. The molecule has 0 aliphatic heterocycles. The third kappa shape index (κ3) is 2.80. The molecular weight excluding hydrogens is 258 g/mol. The number of esters is 1. The smallest absolute Gasteiger partial charge is 0.341 e. The molecule has 2 aromatic rings. The molecule has 2 rings (SSSR count). The highest BCUT2D eigenvalue weighted by Crippen LogP contribution is 2.28. The van der Waals surface area contributed by atoms with Crippen molar-refractivity contribution in [1.29, 1.82) is 0 Å². The Kier molecular flexibility index (Phi) is 4.05. The van der Waals surface area contributed by atoms with Crippen molar-refractivity contribution in [2.75, 3.05) is 25.3 Å². The van der Waals surface area contributed by atoms with Crippen molar-refractivity contribution >= 4 is 23.2 Å². The summed E-state index contributed by atoms with van der Waals surface area (Å²) in [4.78, 5) is 15.9. The zero-order chi connectivity index (χ0) is 14.5. The molecule has 104 valence electrons. The van der Waals surface area contributed by atoms with Gasteiger partial charge in [-0.25, -0.2) is 9.78 Å². The van der Waals surface area contributed by atoms with Gasteiger partial charge >= 0.3 is 5.97 Å². The number of methoxy groups -OCH3 is 2. The first-order chi connectivity index (χ1) is 9.65. The van der Waals surface area contributed by atoms with Gasteiger partial charge in [0.25, 0.3) is 0 Å². The number of rotatable bonds is 4. The topological polar surface area (TPSA) is 86.5 Å². The van der Waals surface area contributed by atoms with Crippen LogP contribution < -0.4 is 15.8 Å². The van der Waals surface area contributed by atoms with E-state index in [9.17, 15) is 4.79 Å². The molecule has 20 heavy (non-hydrogen) atoms. The van der Waals surface area contributed by atoms with Crippen LogP contribution in [0.4, 0.5) is 17.2 Å². The van der Waals surface area contributed by atoms with Crippen LogP contribution in [0, 0.1) is 0 Å². The maximum atomic E-state index is 11.7. The number of para-hydroxylation sites is 2. The maximum Gasteiger partial charge on any atom is 0.341 e. The lowest BCUT2D eigenvalue weighted by Gasteiger charge is -2.13. The number of hydrogen-bond acceptors (Lipinski definition) is 6. The van der Waals surface area contributed by atoms with Gasteiger partial charge in [-0.15, -0.1) is 0 Å². The van der Waals surface area contributed by atoms with E-state index in [2.05, 4.69) is 10.3 Å². The first-order valence-corrected chi connectivity index (χ1v) is 5.89. The minimum Gasteiger partial charge on any atom is -0.495 e. The first kappa shape index (κ1) is 13.7. The SMILES string of the molecule is COC(=O)c1cc(N)cnc1Nc1ccccc1OC. The number of aromatic nitrogens is 1. The van der Waals surface area contributed by atoms with Crippen LogP contribution in [-0.2, 0) is 4.74 Å². The van der Waals surface area contributed by atoms with Gasteiger partial charge in [0, 0.05) is 0 Å². The first-order valence-electron chi connectivity index (χ1n) is 5.89. The summed E-state index contributed by atoms with van der Waals surface area (Å²) in [6, 6.07) is 8.83. The second kappa shape index (κ2) is 5.92. The average Bonchev–Trinajstić information content (AvgIpc) is 2.48. The van der Waals surface area contributed by atoms with Gasteiger partial charge in [0.15, 0.2) is 0 Å². The Morgan fingerprint density at radius 3 is 2.75 bits per heavy atom. The van der Waals surface area contributed by atoms with E-state index in [1.54, 1.807) is 13.2 Å². The van der Waals surface area contributed by atoms with E-state index in [1.165, 1.54) is 19.4 Å². The quantitative estimate of drug-likeness (QED) is 0.830. The van der Waals surface area contributed by atoms with Crippen LogP contribution in [0.1, 0.15) is 10.4 Å². The van der Waals surface area contributed by atoms with E-state index in [1.807, 2.05) is 18.2 Å². The van der Waals surface area contributed by atoms with Crippen LogP contribution in [0.3, 0.4) is 0 Å². The molecule has 3 N–H and O–H groups in total. The number of carbonyl (C=O) groups is 1. The fraction of sp³-hybridized carbons (Fsp3) is 0.143. The summed E-state index contributed by atoms with van der Waals surface area (Å²) in [7, 11) is 2.87. The number of nitrogen functional groups attached to an aromatic ring is 1. The van der Waals surface area contributed by atoms with Gasteiger partial charge < -0.3 is 20.5 Å². The van der Waals surface area contributed by atoms with Crippen LogP contribution in [0.5, 0.6) is 5.75 Å². The van der Waals surface area contributed by atoms with Crippen molar-refractivity contribution in [3.05, 3.63) is 42.1 Å². The number of hydrogen-bond donors (Lipinski definition) is 2. The number of nitrogens with zero attached hydrogens (tertiary/aromatic N) is 1. The van der Waals surface area contributed by atoms with E-state index < -0.39 is 5.97 Å². The molecule has 0 aliphatic rings. The Bertz CT molecular complexity index is 629. The summed E-state index contributed by atoms with van der Waals surface area (Å²) in [5, 5.41) is 3.04. The molecule has 1 aromatic heterocycles. The molecule has 0 radical (unpaired) electrons. The van der Waals surface area contributed by atoms with Crippen molar-refractivity contribution in [2.24, 2.45) is 0 Å². The normalized spacial score (nSPS) is 9.90. The fourth-order valence-electron chi connectivity index (χ4n) is 1.72. The zero-order valence-electron chi connectivity index (χ0n) is 11.2. The standard InChI is InChI=1S/C14H15N3O3/c1-19-12-6-4-3-5-11(12)17-13-10(14(18)20-2)7-9(15)8-16-13/h3-8H,15H2,1-2H3,(H,16,17). The number of anilines is 3. The van der Waals surface area contributed by atoms with E-state index in [-0.39, 0.29) is 5.56 Å². The number of pyridine rings is 1. The summed E-state index contributed by atoms with van der Waals surface area (Å²) >= 11 is 0. The second-order valence-electron chi connectivity index (χ2n) is 3.98. The van der Waals surface area contributed by atoms with Gasteiger partial charge in [0.05, 0.1) is 31.8 Å². The highest BCUT2D eigenvalue weighted by Gasteiger charge is 2.15. The Morgan fingerprint density at radius 1 is 1.30 bits per heavy atom. The molecule has 0 bridgehead atoms. The van der Waals surface area contributed by atoms with Crippen molar-refractivity contribution in [3.63, 3.8) is 0 Å². The predicted molar refractivity (Wildman–Crippen MR) is 76.3 cm³/mol. The number of carbonyl (C=O) groups excluding carboxylic acids is 1. The Balaban J connectivity index is 2.40. The van der Waals surface area contributed by atoms with E-state index >= 15 is 0 Å². The fourth-order valence-corrected chi connectivity index (χ4v) is 1.72. The number of nitrogens with one attached hydrogen (secondary N) is 1. The summed E-state index contributed by atoms with van der Waals surface area (Å²) in [6.07, 6.45) is 1.46. The third-order valence-electron chi connectivity index (χ3n) is 2.67. The summed E-state index contributed by atoms with van der Waals surface area (Å²) in [5.41, 5.74) is 6.99. The molecule has 0 atom stereocenters. The lowest BCUT2D eigenvalue weighted by Crippen LogP contribution is -2.08. The van der Waals surface area contributed by atoms with Gasteiger partial charge in [0.2, 0.25) is 0 Å². The van der Waals surface area contributed by atoms with Gasteiger partial charge in [-0.3, -0.25) is 0 Å². The molecule has 0 spiro atoms. The number of ether oxygens (including phenoxy) is 2. The van der Waals surface area contributed by atoms with Crippen LogP contribution in [0.15, 0.2) is 36.5 Å². The lowest BCUT2D eigenvalue weighted by molar-refractivity contribution is 0.0601. The van der Waals surface area contributed by atoms with E-state index in [0.29, 0.717) is 22.9 Å². The number of nitrogens with two attached hydrogens (primary N) is 1. The Hall–Kier alpha value is -2.76. The van der Waals surface area contributed by atoms with Crippen molar-refractivity contribution < 1.29 is 14.3 Å². The molecule has 0 saturated carbocycles. The van der Waals surface area contributed by atoms with Gasteiger partial charge in [-0.1, -0.05) is 12.1 Å². The molecule has 6 heteroatoms. The molecule has 0 unspecified atom stereocenters. The van der Waals surface area contributed by atoms with Crippen LogP contribution in [0.2, 0.25) is 0 Å². The van der Waals surface area contributed by atoms with Crippen molar-refractivity contribution in [1.82, 2.24) is 4.98 Å². The lowest BCUT2D eigenvalue weighted by atomic mass is 10.2. The highest BCUT2D eigenvalue weighted by atomic mass is 16.5.